The van der Waals surface area contributed by atoms with Crippen LogP contribution < -0.4 is 10.6 Å². The molecule has 2 aromatic rings. The summed E-state index contributed by atoms with van der Waals surface area (Å²) >= 11 is 0. The highest BCUT2D eigenvalue weighted by Gasteiger charge is 2.15. The average molecular weight is 301 g/mol. The number of hydrogen-bond donors (Lipinski definition) is 2. The number of nitrogens with zero attached hydrogens (tertiary/aromatic N) is 1. The van der Waals surface area contributed by atoms with E-state index in [2.05, 4.69) is 15.6 Å². The molecule has 2 N–H and O–H groups in total. The first-order valence-electron chi connectivity index (χ1n) is 7.33. The molecule has 0 saturated carbocycles. The van der Waals surface area contributed by atoms with Crippen molar-refractivity contribution in [3.05, 3.63) is 36.0 Å². The average Bonchev–Trinajstić information content (AvgIpc) is 2.54. The zero-order valence-electron chi connectivity index (χ0n) is 12.5. The molecule has 3 rings (SSSR count). The molecule has 6 heteroatoms. The molecule has 2 heterocycles. The number of aryl methyl sites for hydroxylation is 1. The van der Waals surface area contributed by atoms with Crippen molar-refractivity contribution in [3.8, 4) is 0 Å². The highest BCUT2D eigenvalue weighted by atomic mass is 16.6. The number of rotatable bonds is 3. The fourth-order valence-corrected chi connectivity index (χ4v) is 2.39. The molecule has 6 nitrogen and oxygen atoms in total. The third-order valence-electron chi connectivity index (χ3n) is 3.49. The van der Waals surface area contributed by atoms with Crippen molar-refractivity contribution in [3.63, 3.8) is 0 Å². The number of amides is 2. The van der Waals surface area contributed by atoms with Crippen LogP contribution in [0.1, 0.15) is 5.69 Å². The number of carbonyl (C=O) groups excluding carboxylic acids is 1. The van der Waals surface area contributed by atoms with E-state index in [1.807, 2.05) is 37.3 Å². The fraction of sp³-hybridized carbons (Fsp3) is 0.375. The van der Waals surface area contributed by atoms with E-state index in [1.165, 1.54) is 0 Å². The summed E-state index contributed by atoms with van der Waals surface area (Å²) in [5.41, 5.74) is 2.55. The van der Waals surface area contributed by atoms with Crippen molar-refractivity contribution in [2.45, 2.75) is 13.0 Å². The van der Waals surface area contributed by atoms with Crippen LogP contribution in [0.2, 0.25) is 0 Å². The summed E-state index contributed by atoms with van der Waals surface area (Å²) < 4.78 is 10.8. The van der Waals surface area contributed by atoms with E-state index in [9.17, 15) is 4.79 Å². The Bertz CT molecular complexity index is 669. The SMILES string of the molecule is Cc1ccc2c(NC(=O)NC[C@H]3COCCO3)cccc2n1. The van der Waals surface area contributed by atoms with E-state index in [4.69, 9.17) is 9.47 Å². The van der Waals surface area contributed by atoms with Gasteiger partial charge in [-0.2, -0.15) is 0 Å². The molecular formula is C16H19N3O3. The molecule has 0 aliphatic carbocycles. The van der Waals surface area contributed by atoms with Gasteiger partial charge in [-0.05, 0) is 31.2 Å². The quantitative estimate of drug-likeness (QED) is 0.910. The summed E-state index contributed by atoms with van der Waals surface area (Å²) in [6.45, 7) is 4.07. The van der Waals surface area contributed by atoms with Crippen LogP contribution in [0.15, 0.2) is 30.3 Å². The Kier molecular flexibility index (Phi) is 4.50. The third kappa shape index (κ3) is 3.52. The predicted molar refractivity (Wildman–Crippen MR) is 84.1 cm³/mol. The Morgan fingerprint density at radius 2 is 2.23 bits per heavy atom. The molecule has 1 aliphatic rings. The highest BCUT2D eigenvalue weighted by Crippen LogP contribution is 2.22. The van der Waals surface area contributed by atoms with E-state index >= 15 is 0 Å². The summed E-state index contributed by atoms with van der Waals surface area (Å²) in [5, 5.41) is 6.58. The van der Waals surface area contributed by atoms with Crippen LogP contribution in [0.3, 0.4) is 0 Å². The lowest BCUT2D eigenvalue weighted by atomic mass is 10.1. The van der Waals surface area contributed by atoms with Gasteiger partial charge in [-0.25, -0.2) is 4.79 Å². The smallest absolute Gasteiger partial charge is 0.319 e. The lowest BCUT2D eigenvalue weighted by molar-refractivity contribution is -0.0852. The molecule has 0 radical (unpaired) electrons. The van der Waals surface area contributed by atoms with Crippen LogP contribution in [0.4, 0.5) is 10.5 Å². The van der Waals surface area contributed by atoms with Crippen molar-refractivity contribution < 1.29 is 14.3 Å². The van der Waals surface area contributed by atoms with Gasteiger partial charge >= 0.3 is 6.03 Å². The van der Waals surface area contributed by atoms with E-state index < -0.39 is 0 Å². The Morgan fingerprint density at radius 3 is 3.05 bits per heavy atom. The molecule has 1 aromatic carbocycles. The number of ether oxygens (including phenoxy) is 2. The maximum absolute atomic E-state index is 12.0. The summed E-state index contributed by atoms with van der Waals surface area (Å²) in [6, 6.07) is 9.30. The number of urea groups is 1. The molecule has 0 spiro atoms. The van der Waals surface area contributed by atoms with Crippen LogP contribution >= 0.6 is 0 Å². The number of benzene rings is 1. The molecule has 0 unspecified atom stereocenters. The third-order valence-corrected chi connectivity index (χ3v) is 3.49. The van der Waals surface area contributed by atoms with E-state index in [-0.39, 0.29) is 12.1 Å². The van der Waals surface area contributed by atoms with Gasteiger partial charge in [0.05, 0.1) is 37.1 Å². The van der Waals surface area contributed by atoms with Gasteiger partial charge in [0.2, 0.25) is 0 Å². The van der Waals surface area contributed by atoms with Gasteiger partial charge in [-0.3, -0.25) is 4.98 Å². The molecule has 2 amide bonds. The summed E-state index contributed by atoms with van der Waals surface area (Å²) in [5.74, 6) is 0. The number of hydrogen-bond acceptors (Lipinski definition) is 4. The normalized spacial score (nSPS) is 18.1. The van der Waals surface area contributed by atoms with E-state index in [0.29, 0.717) is 26.4 Å². The Labute approximate surface area is 128 Å². The molecule has 116 valence electrons. The minimum atomic E-state index is -0.262. The van der Waals surface area contributed by atoms with Crippen LogP contribution in [-0.2, 0) is 9.47 Å². The number of nitrogens with one attached hydrogen (secondary N) is 2. The Balaban J connectivity index is 1.63. The molecule has 1 aromatic heterocycles. The van der Waals surface area contributed by atoms with Crippen LogP contribution in [0.25, 0.3) is 10.9 Å². The van der Waals surface area contributed by atoms with Crippen LogP contribution in [-0.4, -0.2) is 43.5 Å². The van der Waals surface area contributed by atoms with Crippen LogP contribution in [0, 0.1) is 6.92 Å². The van der Waals surface area contributed by atoms with Crippen molar-refractivity contribution in [2.75, 3.05) is 31.7 Å². The van der Waals surface area contributed by atoms with Gasteiger partial charge in [0, 0.05) is 17.6 Å². The number of aromatic nitrogens is 1. The van der Waals surface area contributed by atoms with Gasteiger partial charge in [0.1, 0.15) is 0 Å². The Hall–Kier alpha value is -2.18. The first kappa shape index (κ1) is 14.7. The summed E-state index contributed by atoms with van der Waals surface area (Å²) in [6.07, 6.45) is -0.0867. The predicted octanol–water partition coefficient (Wildman–Crippen LogP) is 2.08. The van der Waals surface area contributed by atoms with Gasteiger partial charge in [0.15, 0.2) is 0 Å². The number of anilines is 1. The molecule has 1 aliphatic heterocycles. The lowest BCUT2D eigenvalue weighted by Crippen LogP contribution is -2.41. The zero-order chi connectivity index (χ0) is 15.4. The maximum atomic E-state index is 12.0. The summed E-state index contributed by atoms with van der Waals surface area (Å²) in [7, 11) is 0. The molecule has 22 heavy (non-hydrogen) atoms. The number of fused-ring (bicyclic) bond motifs is 1. The molecule has 1 atom stereocenters. The van der Waals surface area contributed by atoms with Gasteiger partial charge in [0.25, 0.3) is 0 Å². The van der Waals surface area contributed by atoms with Gasteiger partial charge < -0.3 is 20.1 Å². The minimum absolute atomic E-state index is 0.0867. The second-order valence-electron chi connectivity index (χ2n) is 5.23. The first-order valence-corrected chi connectivity index (χ1v) is 7.33. The summed E-state index contributed by atoms with van der Waals surface area (Å²) in [4.78, 5) is 16.5. The van der Waals surface area contributed by atoms with E-state index in [1.54, 1.807) is 0 Å². The van der Waals surface area contributed by atoms with Gasteiger partial charge in [-0.1, -0.05) is 6.07 Å². The van der Waals surface area contributed by atoms with Crippen LogP contribution in [0.5, 0.6) is 0 Å². The second kappa shape index (κ2) is 6.72. The van der Waals surface area contributed by atoms with Crippen molar-refractivity contribution in [2.24, 2.45) is 0 Å². The van der Waals surface area contributed by atoms with Gasteiger partial charge in [-0.15, -0.1) is 0 Å². The fourth-order valence-electron chi connectivity index (χ4n) is 2.39. The monoisotopic (exact) mass is 301 g/mol. The lowest BCUT2D eigenvalue weighted by Gasteiger charge is -2.23. The minimum Gasteiger partial charge on any atom is -0.376 e. The molecule has 1 saturated heterocycles. The second-order valence-corrected chi connectivity index (χ2v) is 5.23. The van der Waals surface area contributed by atoms with Crippen molar-refractivity contribution >= 4 is 22.6 Å². The molecule has 1 fully saturated rings. The molecule has 0 bridgehead atoms. The molecular weight excluding hydrogens is 282 g/mol. The maximum Gasteiger partial charge on any atom is 0.319 e. The number of carbonyl (C=O) groups is 1. The topological polar surface area (TPSA) is 72.5 Å². The standard InChI is InChI=1S/C16H19N3O3/c1-11-5-6-13-14(18-11)3-2-4-15(13)19-16(20)17-9-12-10-21-7-8-22-12/h2-6,12H,7-10H2,1H3,(H2,17,19,20)/t12-/m0/s1. The first-order chi connectivity index (χ1) is 10.7. The van der Waals surface area contributed by atoms with Crippen molar-refractivity contribution in [1.29, 1.82) is 0 Å². The zero-order valence-corrected chi connectivity index (χ0v) is 12.5. The number of pyridine rings is 1. The Morgan fingerprint density at radius 1 is 1.32 bits per heavy atom. The highest BCUT2D eigenvalue weighted by molar-refractivity contribution is 6.00. The van der Waals surface area contributed by atoms with Crippen molar-refractivity contribution in [1.82, 2.24) is 10.3 Å². The largest absolute Gasteiger partial charge is 0.376 e. The van der Waals surface area contributed by atoms with E-state index in [0.717, 1.165) is 22.3 Å².